The van der Waals surface area contributed by atoms with Crippen molar-refractivity contribution < 1.29 is 4.79 Å². The van der Waals surface area contributed by atoms with Crippen LogP contribution >= 0.6 is 11.3 Å². The van der Waals surface area contributed by atoms with Gasteiger partial charge >= 0.3 is 0 Å². The van der Waals surface area contributed by atoms with E-state index in [1.54, 1.807) is 11.3 Å². The van der Waals surface area contributed by atoms with Crippen LogP contribution in [0.2, 0.25) is 0 Å². The fraction of sp³-hybridized carbons (Fsp3) is 0.353. The van der Waals surface area contributed by atoms with Gasteiger partial charge in [-0.25, -0.2) is 0 Å². The van der Waals surface area contributed by atoms with Gasteiger partial charge in [-0.15, -0.1) is 11.3 Å². The Kier molecular flexibility index (Phi) is 4.16. The van der Waals surface area contributed by atoms with Crippen molar-refractivity contribution in [1.29, 1.82) is 0 Å². The standard InChI is InChI=1S/C17H19NOS/c19-15-10-5-4-9-14(15)17(16-11-6-12-20-16)18-13-7-2-1-3-8-13/h1-3,6-8,11-12,14,17-18H,4-5,9-10H2/t14-,17+/m0/s1. The molecule has 1 saturated carbocycles. The highest BCUT2D eigenvalue weighted by Crippen LogP contribution is 2.36. The Bertz CT molecular complexity index is 550. The van der Waals surface area contributed by atoms with Gasteiger partial charge in [0.15, 0.2) is 0 Å². The van der Waals surface area contributed by atoms with E-state index < -0.39 is 0 Å². The fourth-order valence-corrected chi connectivity index (χ4v) is 3.76. The lowest BCUT2D eigenvalue weighted by Crippen LogP contribution is -2.29. The smallest absolute Gasteiger partial charge is 0.138 e. The number of carbonyl (C=O) groups excluding carboxylic acids is 1. The number of anilines is 1. The van der Waals surface area contributed by atoms with Crippen LogP contribution in [0.1, 0.15) is 36.6 Å². The highest BCUT2D eigenvalue weighted by atomic mass is 32.1. The first-order valence-corrected chi connectivity index (χ1v) is 8.10. The van der Waals surface area contributed by atoms with Gasteiger partial charge in [0.1, 0.15) is 5.78 Å². The molecule has 1 aliphatic rings. The van der Waals surface area contributed by atoms with Crippen LogP contribution < -0.4 is 5.32 Å². The summed E-state index contributed by atoms with van der Waals surface area (Å²) in [4.78, 5) is 13.5. The molecule has 1 aromatic heterocycles. The first kappa shape index (κ1) is 13.4. The van der Waals surface area contributed by atoms with Crippen molar-refractivity contribution in [2.75, 3.05) is 5.32 Å². The molecule has 3 rings (SSSR count). The van der Waals surface area contributed by atoms with E-state index in [-0.39, 0.29) is 12.0 Å². The number of thiophene rings is 1. The van der Waals surface area contributed by atoms with Gasteiger partial charge in [0.05, 0.1) is 6.04 Å². The second kappa shape index (κ2) is 6.23. The zero-order chi connectivity index (χ0) is 13.8. The Labute approximate surface area is 123 Å². The summed E-state index contributed by atoms with van der Waals surface area (Å²) in [6.07, 6.45) is 3.96. The minimum Gasteiger partial charge on any atom is -0.377 e. The summed E-state index contributed by atoms with van der Waals surface area (Å²) in [5.74, 6) is 0.528. The summed E-state index contributed by atoms with van der Waals surface area (Å²) in [6, 6.07) is 14.5. The van der Waals surface area contributed by atoms with Crippen LogP contribution in [-0.2, 0) is 4.79 Å². The predicted molar refractivity (Wildman–Crippen MR) is 84.1 cm³/mol. The molecule has 1 aromatic carbocycles. The largest absolute Gasteiger partial charge is 0.377 e. The molecule has 0 unspecified atom stereocenters. The number of hydrogen-bond acceptors (Lipinski definition) is 3. The molecule has 104 valence electrons. The Morgan fingerprint density at radius 2 is 1.95 bits per heavy atom. The minimum absolute atomic E-state index is 0.114. The molecule has 0 amide bonds. The number of carbonyl (C=O) groups is 1. The third-order valence-electron chi connectivity index (χ3n) is 3.95. The zero-order valence-corrected chi connectivity index (χ0v) is 12.2. The maximum atomic E-state index is 12.3. The van der Waals surface area contributed by atoms with Crippen molar-refractivity contribution in [3.63, 3.8) is 0 Å². The molecule has 1 aliphatic carbocycles. The van der Waals surface area contributed by atoms with Gasteiger partial charge < -0.3 is 5.32 Å². The molecule has 2 nitrogen and oxygen atoms in total. The lowest BCUT2D eigenvalue weighted by molar-refractivity contribution is -0.125. The summed E-state index contributed by atoms with van der Waals surface area (Å²) >= 11 is 1.73. The van der Waals surface area contributed by atoms with Crippen LogP contribution in [0.15, 0.2) is 47.8 Å². The van der Waals surface area contributed by atoms with Gasteiger partial charge in [-0.2, -0.15) is 0 Å². The summed E-state index contributed by atoms with van der Waals surface area (Å²) in [5.41, 5.74) is 1.09. The molecule has 20 heavy (non-hydrogen) atoms. The maximum Gasteiger partial charge on any atom is 0.138 e. The molecule has 0 bridgehead atoms. The van der Waals surface area contributed by atoms with E-state index in [9.17, 15) is 4.79 Å². The zero-order valence-electron chi connectivity index (χ0n) is 11.4. The first-order chi connectivity index (χ1) is 9.84. The highest BCUT2D eigenvalue weighted by molar-refractivity contribution is 7.10. The lowest BCUT2D eigenvalue weighted by Gasteiger charge is -2.30. The summed E-state index contributed by atoms with van der Waals surface area (Å²) < 4.78 is 0. The van der Waals surface area contributed by atoms with Gasteiger partial charge in [0.2, 0.25) is 0 Å². The number of para-hydroxylation sites is 1. The number of rotatable bonds is 4. The van der Waals surface area contributed by atoms with E-state index in [2.05, 4.69) is 35.0 Å². The molecular formula is C17H19NOS. The Balaban J connectivity index is 1.86. The fourth-order valence-electron chi connectivity index (χ4n) is 2.91. The Hall–Kier alpha value is -1.61. The number of benzene rings is 1. The summed E-state index contributed by atoms with van der Waals surface area (Å²) in [7, 11) is 0. The molecule has 2 atom stereocenters. The van der Waals surface area contributed by atoms with Gasteiger partial charge in [0.25, 0.3) is 0 Å². The first-order valence-electron chi connectivity index (χ1n) is 7.22. The second-order valence-electron chi connectivity index (χ2n) is 5.32. The van der Waals surface area contributed by atoms with Crippen molar-refractivity contribution >= 4 is 22.8 Å². The lowest BCUT2D eigenvalue weighted by atomic mass is 9.82. The van der Waals surface area contributed by atoms with Crippen LogP contribution in [0.5, 0.6) is 0 Å². The van der Waals surface area contributed by atoms with E-state index in [1.165, 1.54) is 4.88 Å². The quantitative estimate of drug-likeness (QED) is 0.885. The molecule has 1 N–H and O–H groups in total. The van der Waals surface area contributed by atoms with E-state index >= 15 is 0 Å². The van der Waals surface area contributed by atoms with Gasteiger partial charge in [-0.3, -0.25) is 4.79 Å². The second-order valence-corrected chi connectivity index (χ2v) is 6.30. The van der Waals surface area contributed by atoms with E-state index in [0.29, 0.717) is 5.78 Å². The summed E-state index contributed by atoms with van der Waals surface area (Å²) in [6.45, 7) is 0. The van der Waals surface area contributed by atoms with Gasteiger partial charge in [-0.1, -0.05) is 30.7 Å². The van der Waals surface area contributed by atoms with Crippen molar-refractivity contribution in [3.8, 4) is 0 Å². The normalized spacial score (nSPS) is 20.6. The number of nitrogens with one attached hydrogen (secondary N) is 1. The molecule has 0 spiro atoms. The molecule has 0 radical (unpaired) electrons. The number of hydrogen-bond donors (Lipinski definition) is 1. The Morgan fingerprint density at radius 3 is 2.65 bits per heavy atom. The average molecular weight is 285 g/mol. The van der Waals surface area contributed by atoms with Crippen LogP contribution in [0.4, 0.5) is 5.69 Å². The molecule has 1 fully saturated rings. The molecule has 3 heteroatoms. The van der Waals surface area contributed by atoms with Crippen molar-refractivity contribution in [1.82, 2.24) is 0 Å². The topological polar surface area (TPSA) is 29.1 Å². The van der Waals surface area contributed by atoms with Crippen LogP contribution in [0, 0.1) is 5.92 Å². The van der Waals surface area contributed by atoms with Crippen molar-refractivity contribution in [3.05, 3.63) is 52.7 Å². The molecule has 0 saturated heterocycles. The Morgan fingerprint density at radius 1 is 1.10 bits per heavy atom. The van der Waals surface area contributed by atoms with Crippen molar-refractivity contribution in [2.24, 2.45) is 5.92 Å². The molecule has 0 aliphatic heterocycles. The van der Waals surface area contributed by atoms with E-state index in [4.69, 9.17) is 0 Å². The highest BCUT2D eigenvalue weighted by Gasteiger charge is 2.31. The third kappa shape index (κ3) is 2.93. The monoisotopic (exact) mass is 285 g/mol. The molecule has 2 aromatic rings. The SMILES string of the molecule is O=C1CCCC[C@@H]1[C@@H](Nc1ccccc1)c1cccs1. The molecular weight excluding hydrogens is 266 g/mol. The minimum atomic E-state index is 0.114. The van der Waals surface area contributed by atoms with Gasteiger partial charge in [0, 0.05) is 22.9 Å². The summed E-state index contributed by atoms with van der Waals surface area (Å²) in [5, 5.41) is 5.66. The predicted octanol–water partition coefficient (Wildman–Crippen LogP) is 4.66. The van der Waals surface area contributed by atoms with E-state index in [1.807, 2.05) is 18.2 Å². The van der Waals surface area contributed by atoms with Crippen LogP contribution in [0.25, 0.3) is 0 Å². The average Bonchev–Trinajstić information content (AvgIpc) is 3.01. The van der Waals surface area contributed by atoms with Crippen LogP contribution in [0.3, 0.4) is 0 Å². The maximum absolute atomic E-state index is 12.3. The van der Waals surface area contributed by atoms with Crippen LogP contribution in [-0.4, -0.2) is 5.78 Å². The number of ketones is 1. The third-order valence-corrected chi connectivity index (χ3v) is 4.91. The van der Waals surface area contributed by atoms with Crippen molar-refractivity contribution in [2.45, 2.75) is 31.7 Å². The van der Waals surface area contributed by atoms with E-state index in [0.717, 1.165) is 31.4 Å². The van der Waals surface area contributed by atoms with Gasteiger partial charge in [-0.05, 0) is 36.4 Å². The molecule has 1 heterocycles. The number of Topliss-reactive ketones (excluding diaryl/α,β-unsaturated/α-hetero) is 1.